The molecule has 0 unspecified atom stereocenters. The largest absolute Gasteiger partial charge is 0.311 e. The van der Waals surface area contributed by atoms with Crippen LogP contribution in [0.5, 0.6) is 0 Å². The molecule has 0 radical (unpaired) electrons. The van der Waals surface area contributed by atoms with Crippen molar-refractivity contribution in [1.29, 1.82) is 0 Å². The second-order valence-corrected chi connectivity index (χ2v) is 6.32. The number of hydrogen-bond donors (Lipinski definition) is 1. The molecule has 0 aliphatic heterocycles. The van der Waals surface area contributed by atoms with Crippen LogP contribution in [0.4, 0.5) is 0 Å². The summed E-state index contributed by atoms with van der Waals surface area (Å²) >= 11 is 8.32. The van der Waals surface area contributed by atoms with E-state index in [1.807, 2.05) is 16.4 Å². The van der Waals surface area contributed by atoms with Crippen molar-refractivity contribution in [2.75, 3.05) is 18.6 Å². The molecule has 0 spiro atoms. The van der Waals surface area contributed by atoms with Gasteiger partial charge in [0.2, 0.25) is 0 Å². The fourth-order valence-electron chi connectivity index (χ4n) is 2.24. The number of halogens is 1. The first-order valence-corrected chi connectivity index (χ1v) is 9.45. The number of hydrogen-bond acceptors (Lipinski definition) is 3. The highest BCUT2D eigenvalue weighted by Crippen LogP contribution is 2.21. The Labute approximate surface area is 132 Å². The molecule has 0 saturated carbocycles. The molecule has 0 saturated heterocycles. The molecule has 0 fully saturated rings. The number of aryl methyl sites for hydroxylation is 2. The van der Waals surface area contributed by atoms with Crippen molar-refractivity contribution in [3.05, 3.63) is 16.4 Å². The minimum atomic E-state index is 0.824. The molecule has 1 heterocycles. The number of nitrogens with zero attached hydrogens (tertiary/aromatic N) is 2. The van der Waals surface area contributed by atoms with Crippen molar-refractivity contribution in [3.63, 3.8) is 0 Å². The third kappa shape index (κ3) is 5.66. The number of aromatic nitrogens is 2. The molecular formula is C15H28ClN3S. The zero-order chi connectivity index (χ0) is 14.8. The summed E-state index contributed by atoms with van der Waals surface area (Å²) in [6.45, 7) is 6.97. The van der Waals surface area contributed by atoms with E-state index in [-0.39, 0.29) is 0 Å². The van der Waals surface area contributed by atoms with Gasteiger partial charge in [-0.15, -0.1) is 0 Å². The SMILES string of the molecule is CCc1nn(CC)c(CNCCCCCCSC)c1Cl. The summed E-state index contributed by atoms with van der Waals surface area (Å²) in [5.41, 5.74) is 2.15. The van der Waals surface area contributed by atoms with E-state index in [4.69, 9.17) is 11.6 Å². The lowest BCUT2D eigenvalue weighted by molar-refractivity contribution is 0.556. The Morgan fingerprint density at radius 3 is 2.60 bits per heavy atom. The van der Waals surface area contributed by atoms with Gasteiger partial charge in [-0.1, -0.05) is 31.4 Å². The van der Waals surface area contributed by atoms with Gasteiger partial charge in [0, 0.05) is 13.1 Å². The molecule has 116 valence electrons. The molecule has 0 aliphatic rings. The Hall–Kier alpha value is -0.190. The first-order chi connectivity index (χ1) is 9.74. The van der Waals surface area contributed by atoms with E-state index >= 15 is 0 Å². The van der Waals surface area contributed by atoms with Gasteiger partial charge in [-0.3, -0.25) is 4.68 Å². The van der Waals surface area contributed by atoms with Crippen molar-refractivity contribution >= 4 is 23.4 Å². The van der Waals surface area contributed by atoms with Crippen molar-refractivity contribution < 1.29 is 0 Å². The van der Waals surface area contributed by atoms with Gasteiger partial charge in [-0.2, -0.15) is 16.9 Å². The Kier molecular flexibility index (Phi) is 9.40. The second kappa shape index (κ2) is 10.5. The normalized spacial score (nSPS) is 11.2. The van der Waals surface area contributed by atoms with Gasteiger partial charge in [-0.25, -0.2) is 0 Å². The minimum absolute atomic E-state index is 0.824. The Balaban J connectivity index is 2.26. The van der Waals surface area contributed by atoms with Crippen LogP contribution in [0, 0.1) is 0 Å². The Bertz CT molecular complexity index is 379. The summed E-state index contributed by atoms with van der Waals surface area (Å²) in [6, 6.07) is 0. The molecule has 3 nitrogen and oxygen atoms in total. The van der Waals surface area contributed by atoms with Crippen LogP contribution >= 0.6 is 23.4 Å². The molecule has 0 amide bonds. The van der Waals surface area contributed by atoms with E-state index < -0.39 is 0 Å². The molecule has 0 aromatic carbocycles. The van der Waals surface area contributed by atoms with E-state index in [9.17, 15) is 0 Å². The van der Waals surface area contributed by atoms with Crippen LogP contribution in [0.15, 0.2) is 0 Å². The molecule has 1 aromatic heterocycles. The zero-order valence-corrected chi connectivity index (χ0v) is 14.6. The molecule has 1 N–H and O–H groups in total. The lowest BCUT2D eigenvalue weighted by Crippen LogP contribution is -2.18. The van der Waals surface area contributed by atoms with Crippen LogP contribution in [0.3, 0.4) is 0 Å². The van der Waals surface area contributed by atoms with E-state index in [2.05, 4.69) is 30.5 Å². The molecule has 0 aliphatic carbocycles. The van der Waals surface area contributed by atoms with Gasteiger partial charge in [0.25, 0.3) is 0 Å². The average molecular weight is 318 g/mol. The molecule has 0 bridgehead atoms. The van der Waals surface area contributed by atoms with Crippen LogP contribution in [-0.4, -0.2) is 28.3 Å². The summed E-state index contributed by atoms with van der Waals surface area (Å²) < 4.78 is 2.02. The predicted molar refractivity (Wildman–Crippen MR) is 90.8 cm³/mol. The topological polar surface area (TPSA) is 29.9 Å². The first-order valence-electron chi connectivity index (χ1n) is 7.68. The molecule has 20 heavy (non-hydrogen) atoms. The zero-order valence-electron chi connectivity index (χ0n) is 13.0. The average Bonchev–Trinajstić information content (AvgIpc) is 2.78. The van der Waals surface area contributed by atoms with Crippen LogP contribution in [0.1, 0.15) is 50.9 Å². The van der Waals surface area contributed by atoms with Gasteiger partial charge < -0.3 is 5.32 Å². The van der Waals surface area contributed by atoms with E-state index in [1.165, 1.54) is 31.4 Å². The third-order valence-corrected chi connectivity index (χ3v) is 4.57. The van der Waals surface area contributed by atoms with E-state index in [0.717, 1.165) is 42.5 Å². The fourth-order valence-corrected chi connectivity index (χ4v) is 3.07. The lowest BCUT2D eigenvalue weighted by atomic mass is 10.2. The smallest absolute Gasteiger partial charge is 0.0863 e. The molecule has 5 heteroatoms. The summed E-state index contributed by atoms with van der Waals surface area (Å²) in [5.74, 6) is 1.29. The van der Waals surface area contributed by atoms with E-state index in [0.29, 0.717) is 0 Å². The molecular weight excluding hydrogens is 290 g/mol. The number of thioether (sulfide) groups is 1. The van der Waals surface area contributed by atoms with Crippen LogP contribution < -0.4 is 5.32 Å². The monoisotopic (exact) mass is 317 g/mol. The van der Waals surface area contributed by atoms with Gasteiger partial charge in [-0.05, 0) is 44.7 Å². The van der Waals surface area contributed by atoms with Crippen molar-refractivity contribution in [3.8, 4) is 0 Å². The number of nitrogens with one attached hydrogen (secondary N) is 1. The highest BCUT2D eigenvalue weighted by molar-refractivity contribution is 7.98. The van der Waals surface area contributed by atoms with Crippen molar-refractivity contribution in [2.45, 2.75) is 59.0 Å². The Morgan fingerprint density at radius 2 is 1.95 bits per heavy atom. The summed E-state index contributed by atoms with van der Waals surface area (Å²) in [5, 5.41) is 8.88. The number of unbranched alkanes of at least 4 members (excludes halogenated alkanes) is 3. The van der Waals surface area contributed by atoms with Gasteiger partial charge in [0.05, 0.1) is 16.4 Å². The highest BCUT2D eigenvalue weighted by Gasteiger charge is 2.13. The maximum atomic E-state index is 6.38. The standard InChI is InChI=1S/C15H28ClN3S/c1-4-13-15(16)14(19(5-2)18-13)12-17-10-8-6-7-9-11-20-3/h17H,4-12H2,1-3H3. The summed E-state index contributed by atoms with van der Waals surface area (Å²) in [7, 11) is 0. The summed E-state index contributed by atoms with van der Waals surface area (Å²) in [6.07, 6.45) is 8.31. The summed E-state index contributed by atoms with van der Waals surface area (Å²) in [4.78, 5) is 0. The predicted octanol–water partition coefficient (Wildman–Crippen LogP) is 4.13. The maximum absolute atomic E-state index is 6.38. The third-order valence-electron chi connectivity index (χ3n) is 3.44. The lowest BCUT2D eigenvalue weighted by Gasteiger charge is -2.07. The Morgan fingerprint density at radius 1 is 1.20 bits per heavy atom. The second-order valence-electron chi connectivity index (χ2n) is 4.96. The fraction of sp³-hybridized carbons (Fsp3) is 0.800. The van der Waals surface area contributed by atoms with E-state index in [1.54, 1.807) is 0 Å². The maximum Gasteiger partial charge on any atom is 0.0863 e. The molecule has 1 rings (SSSR count). The van der Waals surface area contributed by atoms with Gasteiger partial charge >= 0.3 is 0 Å². The first kappa shape index (κ1) is 17.9. The van der Waals surface area contributed by atoms with Crippen molar-refractivity contribution in [1.82, 2.24) is 15.1 Å². The van der Waals surface area contributed by atoms with Crippen LogP contribution in [0.25, 0.3) is 0 Å². The van der Waals surface area contributed by atoms with Gasteiger partial charge in [0.15, 0.2) is 0 Å². The highest BCUT2D eigenvalue weighted by atomic mass is 35.5. The van der Waals surface area contributed by atoms with Crippen LogP contribution in [-0.2, 0) is 19.5 Å². The molecule has 0 atom stereocenters. The van der Waals surface area contributed by atoms with Crippen LogP contribution in [0.2, 0.25) is 5.02 Å². The van der Waals surface area contributed by atoms with Crippen molar-refractivity contribution in [2.24, 2.45) is 0 Å². The minimum Gasteiger partial charge on any atom is -0.311 e. The quantitative estimate of drug-likeness (QED) is 0.622. The molecule has 1 aromatic rings. The van der Waals surface area contributed by atoms with Gasteiger partial charge in [0.1, 0.15) is 0 Å². The number of rotatable bonds is 11.